The van der Waals surface area contributed by atoms with Crippen molar-refractivity contribution < 1.29 is 4.79 Å². The van der Waals surface area contributed by atoms with Gasteiger partial charge in [0.05, 0.1) is 11.3 Å². The molecular formula is C11H11N3OS. The van der Waals surface area contributed by atoms with Crippen molar-refractivity contribution in [2.45, 2.75) is 0 Å². The first-order chi connectivity index (χ1) is 7.81. The molecule has 0 fully saturated rings. The number of nitrogens with zero attached hydrogens (tertiary/aromatic N) is 1. The van der Waals surface area contributed by atoms with Gasteiger partial charge in [-0.3, -0.25) is 9.78 Å². The van der Waals surface area contributed by atoms with Gasteiger partial charge in [0, 0.05) is 30.5 Å². The Morgan fingerprint density at radius 1 is 1.44 bits per heavy atom. The highest BCUT2D eigenvalue weighted by molar-refractivity contribution is 7.08. The quantitative estimate of drug-likeness (QED) is 0.856. The number of hydrogen-bond acceptors (Lipinski definition) is 4. The maximum atomic E-state index is 11.9. The number of carbonyl (C=O) groups excluding carboxylic acids is 1. The average molecular weight is 233 g/mol. The molecule has 1 amide bonds. The third-order valence-corrected chi connectivity index (χ3v) is 2.80. The van der Waals surface area contributed by atoms with E-state index in [2.05, 4.69) is 15.6 Å². The number of anilines is 2. The number of carbonyl (C=O) groups is 1. The smallest absolute Gasteiger partial charge is 0.259 e. The Bertz CT molecular complexity index is 482. The van der Waals surface area contributed by atoms with E-state index >= 15 is 0 Å². The zero-order chi connectivity index (χ0) is 11.4. The van der Waals surface area contributed by atoms with E-state index in [0.717, 1.165) is 11.4 Å². The van der Waals surface area contributed by atoms with Crippen LogP contribution in [-0.4, -0.2) is 17.9 Å². The lowest BCUT2D eigenvalue weighted by Crippen LogP contribution is -2.13. The Morgan fingerprint density at radius 2 is 2.31 bits per heavy atom. The van der Waals surface area contributed by atoms with Gasteiger partial charge in [-0.25, -0.2) is 0 Å². The van der Waals surface area contributed by atoms with E-state index in [-0.39, 0.29) is 5.91 Å². The summed E-state index contributed by atoms with van der Waals surface area (Å²) in [5.74, 6) is -0.157. The molecule has 0 atom stereocenters. The second-order valence-corrected chi connectivity index (χ2v) is 3.92. The summed E-state index contributed by atoms with van der Waals surface area (Å²) in [5, 5.41) is 9.56. The SMILES string of the molecule is CNc1ccncc1C(=O)Nc1ccsc1. The first-order valence-electron chi connectivity index (χ1n) is 4.76. The van der Waals surface area contributed by atoms with Crippen molar-refractivity contribution >= 4 is 28.6 Å². The van der Waals surface area contributed by atoms with E-state index in [1.165, 1.54) is 0 Å². The van der Waals surface area contributed by atoms with E-state index in [9.17, 15) is 4.79 Å². The summed E-state index contributed by atoms with van der Waals surface area (Å²) in [5.41, 5.74) is 2.11. The van der Waals surface area contributed by atoms with E-state index in [0.29, 0.717) is 5.56 Å². The summed E-state index contributed by atoms with van der Waals surface area (Å²) in [7, 11) is 1.77. The van der Waals surface area contributed by atoms with Crippen LogP contribution in [0.25, 0.3) is 0 Å². The second kappa shape index (κ2) is 4.76. The van der Waals surface area contributed by atoms with Gasteiger partial charge in [-0.15, -0.1) is 0 Å². The van der Waals surface area contributed by atoms with Crippen molar-refractivity contribution in [3.05, 3.63) is 40.8 Å². The number of nitrogens with one attached hydrogen (secondary N) is 2. The van der Waals surface area contributed by atoms with Crippen molar-refractivity contribution in [3.8, 4) is 0 Å². The molecule has 2 aromatic heterocycles. The Morgan fingerprint density at radius 3 is 3.00 bits per heavy atom. The highest BCUT2D eigenvalue weighted by atomic mass is 32.1. The number of hydrogen-bond donors (Lipinski definition) is 2. The standard InChI is InChI=1S/C11H11N3OS/c1-12-10-2-4-13-6-9(10)11(15)14-8-3-5-16-7-8/h2-7H,1H3,(H,12,13)(H,14,15). The van der Waals surface area contributed by atoms with Gasteiger partial charge in [0.2, 0.25) is 0 Å². The third kappa shape index (κ3) is 2.20. The van der Waals surface area contributed by atoms with Crippen LogP contribution < -0.4 is 10.6 Å². The minimum absolute atomic E-state index is 0.157. The molecule has 0 saturated carbocycles. The van der Waals surface area contributed by atoms with E-state index in [1.807, 2.05) is 16.8 Å². The number of thiophene rings is 1. The summed E-state index contributed by atoms with van der Waals surface area (Å²) < 4.78 is 0. The zero-order valence-corrected chi connectivity index (χ0v) is 9.54. The van der Waals surface area contributed by atoms with Gasteiger partial charge in [-0.05, 0) is 17.5 Å². The number of aromatic nitrogens is 1. The van der Waals surface area contributed by atoms with Gasteiger partial charge in [0.15, 0.2) is 0 Å². The normalized spacial score (nSPS) is 9.81. The van der Waals surface area contributed by atoms with Gasteiger partial charge in [0.25, 0.3) is 5.91 Å². The molecule has 82 valence electrons. The molecule has 4 nitrogen and oxygen atoms in total. The van der Waals surface area contributed by atoms with Crippen molar-refractivity contribution in [1.29, 1.82) is 0 Å². The highest BCUT2D eigenvalue weighted by Gasteiger charge is 2.10. The summed E-state index contributed by atoms with van der Waals surface area (Å²) >= 11 is 1.54. The van der Waals surface area contributed by atoms with Crippen LogP contribution in [0, 0.1) is 0 Å². The van der Waals surface area contributed by atoms with E-state index in [1.54, 1.807) is 36.8 Å². The van der Waals surface area contributed by atoms with Gasteiger partial charge < -0.3 is 10.6 Å². The Kier molecular flexibility index (Phi) is 3.16. The summed E-state index contributed by atoms with van der Waals surface area (Å²) in [4.78, 5) is 15.9. The molecule has 0 aliphatic rings. The van der Waals surface area contributed by atoms with Crippen LogP contribution in [0.2, 0.25) is 0 Å². The predicted octanol–water partition coefficient (Wildman–Crippen LogP) is 2.44. The van der Waals surface area contributed by atoms with Gasteiger partial charge in [-0.2, -0.15) is 11.3 Å². The summed E-state index contributed by atoms with van der Waals surface area (Å²) in [6.45, 7) is 0. The van der Waals surface area contributed by atoms with Crippen LogP contribution >= 0.6 is 11.3 Å². The molecule has 2 heterocycles. The Labute approximate surface area is 97.3 Å². The fraction of sp³-hybridized carbons (Fsp3) is 0.0909. The molecule has 2 rings (SSSR count). The van der Waals surface area contributed by atoms with Crippen LogP contribution in [0.15, 0.2) is 35.3 Å². The summed E-state index contributed by atoms with van der Waals surface area (Å²) in [6.07, 6.45) is 3.20. The predicted molar refractivity (Wildman–Crippen MR) is 66.1 cm³/mol. The highest BCUT2D eigenvalue weighted by Crippen LogP contribution is 2.17. The second-order valence-electron chi connectivity index (χ2n) is 3.14. The van der Waals surface area contributed by atoms with Crippen LogP contribution in [0.3, 0.4) is 0 Å². The van der Waals surface area contributed by atoms with Crippen LogP contribution in [-0.2, 0) is 0 Å². The number of amides is 1. The zero-order valence-electron chi connectivity index (χ0n) is 8.73. The lowest BCUT2D eigenvalue weighted by molar-refractivity contribution is 0.102. The van der Waals surface area contributed by atoms with Gasteiger partial charge in [-0.1, -0.05) is 0 Å². The average Bonchev–Trinajstić information content (AvgIpc) is 2.81. The van der Waals surface area contributed by atoms with Gasteiger partial charge in [0.1, 0.15) is 0 Å². The molecule has 16 heavy (non-hydrogen) atoms. The minimum atomic E-state index is -0.157. The third-order valence-electron chi connectivity index (χ3n) is 2.11. The number of pyridine rings is 1. The Hall–Kier alpha value is -1.88. The fourth-order valence-electron chi connectivity index (χ4n) is 1.33. The lowest BCUT2D eigenvalue weighted by atomic mass is 10.2. The van der Waals surface area contributed by atoms with Crippen molar-refractivity contribution in [3.63, 3.8) is 0 Å². The number of rotatable bonds is 3. The molecule has 0 saturated heterocycles. The molecule has 0 spiro atoms. The van der Waals surface area contributed by atoms with Crippen molar-refractivity contribution in [1.82, 2.24) is 4.98 Å². The maximum absolute atomic E-state index is 11.9. The first-order valence-corrected chi connectivity index (χ1v) is 5.71. The van der Waals surface area contributed by atoms with Crippen molar-refractivity contribution in [2.75, 3.05) is 17.7 Å². The van der Waals surface area contributed by atoms with Gasteiger partial charge >= 0.3 is 0 Å². The molecule has 0 unspecified atom stereocenters. The largest absolute Gasteiger partial charge is 0.387 e. The molecule has 0 radical (unpaired) electrons. The van der Waals surface area contributed by atoms with Crippen LogP contribution in [0.5, 0.6) is 0 Å². The fourth-order valence-corrected chi connectivity index (χ4v) is 1.92. The molecule has 0 aliphatic carbocycles. The molecule has 0 aromatic carbocycles. The monoisotopic (exact) mass is 233 g/mol. The van der Waals surface area contributed by atoms with E-state index < -0.39 is 0 Å². The topological polar surface area (TPSA) is 54.0 Å². The van der Waals surface area contributed by atoms with Crippen molar-refractivity contribution in [2.24, 2.45) is 0 Å². The maximum Gasteiger partial charge on any atom is 0.259 e. The molecule has 0 bridgehead atoms. The molecule has 2 N–H and O–H groups in total. The van der Waals surface area contributed by atoms with Crippen LogP contribution in [0.1, 0.15) is 10.4 Å². The molecule has 5 heteroatoms. The first kappa shape index (κ1) is 10.6. The van der Waals surface area contributed by atoms with E-state index in [4.69, 9.17) is 0 Å². The minimum Gasteiger partial charge on any atom is -0.387 e. The van der Waals surface area contributed by atoms with Crippen LogP contribution in [0.4, 0.5) is 11.4 Å². The molecule has 2 aromatic rings. The molecule has 0 aliphatic heterocycles. The summed E-state index contributed by atoms with van der Waals surface area (Å²) in [6, 6.07) is 3.63. The molecular weight excluding hydrogens is 222 g/mol. The lowest BCUT2D eigenvalue weighted by Gasteiger charge is -2.07. The Balaban J connectivity index is 2.21.